The minimum Gasteiger partial charge on any atom is -0.392 e. The summed E-state index contributed by atoms with van der Waals surface area (Å²) in [4.78, 5) is 0.986. The summed E-state index contributed by atoms with van der Waals surface area (Å²) >= 11 is 7.74. The van der Waals surface area contributed by atoms with Gasteiger partial charge in [0, 0.05) is 16.2 Å². The number of rotatable bonds is 4. The lowest BCUT2D eigenvalue weighted by molar-refractivity contribution is 0.196. The molecule has 0 heterocycles. The molecule has 2 nitrogen and oxygen atoms in total. The average Bonchev–Trinajstić information content (AvgIpc) is 2.20. The maximum atomic E-state index is 9.43. The molecule has 4 heteroatoms. The van der Waals surface area contributed by atoms with Crippen LogP contribution in [0.15, 0.2) is 23.1 Å². The fourth-order valence-electron chi connectivity index (χ4n) is 1.19. The van der Waals surface area contributed by atoms with Crippen molar-refractivity contribution in [3.63, 3.8) is 0 Å². The van der Waals surface area contributed by atoms with Gasteiger partial charge < -0.3 is 10.8 Å². The van der Waals surface area contributed by atoms with E-state index < -0.39 is 0 Å². The molecule has 16 heavy (non-hydrogen) atoms. The Morgan fingerprint density at radius 3 is 2.38 bits per heavy atom. The van der Waals surface area contributed by atoms with Crippen molar-refractivity contribution in [3.05, 3.63) is 28.8 Å². The number of benzene rings is 1. The fourth-order valence-corrected chi connectivity index (χ4v) is 2.43. The highest BCUT2D eigenvalue weighted by molar-refractivity contribution is 8.00. The van der Waals surface area contributed by atoms with Crippen LogP contribution < -0.4 is 5.73 Å². The zero-order chi connectivity index (χ0) is 12.3. The Bertz CT molecular complexity index is 355. The van der Waals surface area contributed by atoms with Gasteiger partial charge in [-0.3, -0.25) is 0 Å². The third-order valence-electron chi connectivity index (χ3n) is 2.47. The van der Waals surface area contributed by atoms with Crippen molar-refractivity contribution >= 4 is 23.4 Å². The lowest BCUT2D eigenvalue weighted by atomic mass is 10.1. The SMILES string of the molecule is CC(O)C(C)Sc1ccc([C@H](C)N)cc1Cl. The Balaban J connectivity index is 2.83. The van der Waals surface area contributed by atoms with Crippen molar-refractivity contribution in [1.29, 1.82) is 0 Å². The van der Waals surface area contributed by atoms with Crippen molar-refractivity contribution in [2.45, 2.75) is 43.1 Å². The largest absolute Gasteiger partial charge is 0.392 e. The predicted octanol–water partition coefficient (Wildman–Crippen LogP) is 3.22. The second-order valence-corrected chi connectivity index (χ2v) is 5.87. The van der Waals surface area contributed by atoms with Crippen molar-refractivity contribution in [2.75, 3.05) is 0 Å². The van der Waals surface area contributed by atoms with E-state index in [1.165, 1.54) is 0 Å². The minimum atomic E-state index is -0.353. The number of nitrogens with two attached hydrogens (primary N) is 1. The van der Waals surface area contributed by atoms with E-state index in [0.717, 1.165) is 10.5 Å². The molecule has 0 aliphatic rings. The summed E-state index contributed by atoms with van der Waals surface area (Å²) in [6, 6.07) is 5.83. The highest BCUT2D eigenvalue weighted by Gasteiger charge is 2.13. The van der Waals surface area contributed by atoms with E-state index in [9.17, 15) is 5.11 Å². The summed E-state index contributed by atoms with van der Waals surface area (Å²) in [7, 11) is 0. The van der Waals surface area contributed by atoms with E-state index >= 15 is 0 Å². The normalized spacial score (nSPS) is 16.9. The first-order valence-corrected chi connectivity index (χ1v) is 6.57. The topological polar surface area (TPSA) is 46.2 Å². The molecule has 2 unspecified atom stereocenters. The van der Waals surface area contributed by atoms with E-state index in [1.807, 2.05) is 32.0 Å². The van der Waals surface area contributed by atoms with Crippen molar-refractivity contribution < 1.29 is 5.11 Å². The monoisotopic (exact) mass is 259 g/mol. The van der Waals surface area contributed by atoms with Gasteiger partial charge in [-0.05, 0) is 31.5 Å². The zero-order valence-corrected chi connectivity index (χ0v) is 11.3. The summed E-state index contributed by atoms with van der Waals surface area (Å²) in [5, 5.41) is 10.3. The molecule has 0 aliphatic heterocycles. The molecule has 0 fully saturated rings. The molecule has 0 aliphatic carbocycles. The summed E-state index contributed by atoms with van der Waals surface area (Å²) < 4.78 is 0. The maximum absolute atomic E-state index is 9.43. The molecular formula is C12H18ClNOS. The van der Waals surface area contributed by atoms with Crippen molar-refractivity contribution in [3.8, 4) is 0 Å². The van der Waals surface area contributed by atoms with E-state index in [-0.39, 0.29) is 17.4 Å². The number of aliphatic hydroxyl groups excluding tert-OH is 1. The molecule has 1 aromatic carbocycles. The Kier molecular flexibility index (Phi) is 5.12. The Labute approximate surface area is 106 Å². The van der Waals surface area contributed by atoms with E-state index in [1.54, 1.807) is 18.7 Å². The van der Waals surface area contributed by atoms with Crippen LogP contribution in [0.4, 0.5) is 0 Å². The van der Waals surface area contributed by atoms with Crippen LogP contribution in [-0.4, -0.2) is 16.5 Å². The molecule has 0 radical (unpaired) electrons. The van der Waals surface area contributed by atoms with Gasteiger partial charge in [-0.25, -0.2) is 0 Å². The Morgan fingerprint density at radius 2 is 1.94 bits per heavy atom. The van der Waals surface area contributed by atoms with Crippen LogP contribution in [-0.2, 0) is 0 Å². The van der Waals surface area contributed by atoms with Crippen LogP contribution in [0.25, 0.3) is 0 Å². The molecule has 3 N–H and O–H groups in total. The highest BCUT2D eigenvalue weighted by atomic mass is 35.5. The molecule has 0 amide bonds. The molecule has 3 atom stereocenters. The number of hydrogen-bond acceptors (Lipinski definition) is 3. The van der Waals surface area contributed by atoms with Gasteiger partial charge in [0.1, 0.15) is 0 Å². The summed E-state index contributed by atoms with van der Waals surface area (Å²) in [5.41, 5.74) is 6.80. The first-order chi connectivity index (χ1) is 7.41. The summed E-state index contributed by atoms with van der Waals surface area (Å²) in [6.45, 7) is 5.68. The van der Waals surface area contributed by atoms with Crippen LogP contribution in [0.3, 0.4) is 0 Å². The van der Waals surface area contributed by atoms with Crippen molar-refractivity contribution in [1.82, 2.24) is 0 Å². The molecule has 0 spiro atoms. The molecule has 1 aromatic rings. The van der Waals surface area contributed by atoms with Crippen LogP contribution in [0, 0.1) is 0 Å². The van der Waals surface area contributed by atoms with Gasteiger partial charge in [0.15, 0.2) is 0 Å². The molecule has 0 aromatic heterocycles. The second kappa shape index (κ2) is 5.92. The maximum Gasteiger partial charge on any atom is 0.0631 e. The predicted molar refractivity (Wildman–Crippen MR) is 71.1 cm³/mol. The smallest absolute Gasteiger partial charge is 0.0631 e. The third-order valence-corrected chi connectivity index (χ3v) is 4.27. The Hall–Kier alpha value is -0.220. The summed E-state index contributed by atoms with van der Waals surface area (Å²) in [5.74, 6) is 0. The van der Waals surface area contributed by atoms with E-state index in [2.05, 4.69) is 0 Å². The highest BCUT2D eigenvalue weighted by Crippen LogP contribution is 2.33. The van der Waals surface area contributed by atoms with Crippen LogP contribution in [0.1, 0.15) is 32.4 Å². The molecule has 1 rings (SSSR count). The lowest BCUT2D eigenvalue weighted by Crippen LogP contribution is -2.15. The zero-order valence-electron chi connectivity index (χ0n) is 9.77. The Morgan fingerprint density at radius 1 is 1.31 bits per heavy atom. The molecule has 0 saturated carbocycles. The van der Waals surface area contributed by atoms with Crippen LogP contribution in [0.2, 0.25) is 5.02 Å². The van der Waals surface area contributed by atoms with E-state index in [0.29, 0.717) is 5.02 Å². The van der Waals surface area contributed by atoms with Crippen LogP contribution >= 0.6 is 23.4 Å². The number of halogens is 1. The van der Waals surface area contributed by atoms with Gasteiger partial charge in [-0.15, -0.1) is 11.8 Å². The van der Waals surface area contributed by atoms with E-state index in [4.69, 9.17) is 17.3 Å². The van der Waals surface area contributed by atoms with Crippen LogP contribution in [0.5, 0.6) is 0 Å². The quantitative estimate of drug-likeness (QED) is 0.817. The van der Waals surface area contributed by atoms with Gasteiger partial charge in [0.25, 0.3) is 0 Å². The molecule has 90 valence electrons. The molecule has 0 saturated heterocycles. The lowest BCUT2D eigenvalue weighted by Gasteiger charge is -2.16. The fraction of sp³-hybridized carbons (Fsp3) is 0.500. The minimum absolute atomic E-state index is 0.00858. The number of thioether (sulfide) groups is 1. The average molecular weight is 260 g/mol. The number of hydrogen-bond donors (Lipinski definition) is 2. The van der Waals surface area contributed by atoms with Gasteiger partial charge in [0.2, 0.25) is 0 Å². The van der Waals surface area contributed by atoms with Gasteiger partial charge in [-0.1, -0.05) is 24.6 Å². The summed E-state index contributed by atoms with van der Waals surface area (Å²) in [6.07, 6.45) is -0.353. The molecule has 0 bridgehead atoms. The van der Waals surface area contributed by atoms with Gasteiger partial charge in [0.05, 0.1) is 11.1 Å². The standard InChI is InChI=1S/C12H18ClNOS/c1-7(14)10-4-5-12(11(13)6-10)16-9(3)8(2)15/h4-9,15H,14H2,1-3H3/t7-,8?,9?/m0/s1. The van der Waals surface area contributed by atoms with Crippen molar-refractivity contribution in [2.24, 2.45) is 5.73 Å². The van der Waals surface area contributed by atoms with Gasteiger partial charge >= 0.3 is 0 Å². The second-order valence-electron chi connectivity index (χ2n) is 4.04. The third kappa shape index (κ3) is 3.67. The first-order valence-electron chi connectivity index (χ1n) is 5.31. The molecular weight excluding hydrogens is 242 g/mol. The first kappa shape index (κ1) is 13.8. The van der Waals surface area contributed by atoms with Gasteiger partial charge in [-0.2, -0.15) is 0 Å². The number of aliphatic hydroxyl groups is 1.